The highest BCUT2D eigenvalue weighted by Crippen LogP contribution is 2.24. The zero-order chi connectivity index (χ0) is 19.7. The minimum absolute atomic E-state index is 0.146. The van der Waals surface area contributed by atoms with Gasteiger partial charge >= 0.3 is 0 Å². The van der Waals surface area contributed by atoms with Crippen LogP contribution in [0.15, 0.2) is 59.5 Å². The van der Waals surface area contributed by atoms with Gasteiger partial charge in [0.25, 0.3) is 10.0 Å². The van der Waals surface area contributed by atoms with Crippen molar-refractivity contribution >= 4 is 44.2 Å². The molecule has 0 bridgehead atoms. The van der Waals surface area contributed by atoms with Gasteiger partial charge in [0.1, 0.15) is 6.54 Å². The van der Waals surface area contributed by atoms with E-state index in [2.05, 4.69) is 27.9 Å². The third-order valence-corrected chi connectivity index (χ3v) is 6.23. The van der Waals surface area contributed by atoms with Crippen molar-refractivity contribution < 1.29 is 17.9 Å². The van der Waals surface area contributed by atoms with Gasteiger partial charge in [-0.1, -0.05) is 18.2 Å². The summed E-state index contributed by atoms with van der Waals surface area (Å²) in [5, 5.41) is 2.75. The molecule has 1 amide bonds. The summed E-state index contributed by atoms with van der Waals surface area (Å²) in [4.78, 5) is 12.5. The van der Waals surface area contributed by atoms with Gasteiger partial charge in [0, 0.05) is 23.3 Å². The molecule has 0 saturated heterocycles. The molecule has 6 nitrogen and oxygen atoms in total. The van der Waals surface area contributed by atoms with Crippen molar-refractivity contribution in [3.05, 3.63) is 58.2 Å². The Morgan fingerprint density at radius 1 is 1.11 bits per heavy atom. The van der Waals surface area contributed by atoms with E-state index in [1.807, 2.05) is 19.1 Å². The molecular formula is C19H23IN2O4S. The number of halogens is 1. The molecule has 27 heavy (non-hydrogen) atoms. The molecule has 0 aliphatic carbocycles. The second-order valence-corrected chi connectivity index (χ2v) is 8.81. The molecule has 0 spiro atoms. The Morgan fingerprint density at radius 3 is 2.41 bits per heavy atom. The van der Waals surface area contributed by atoms with Crippen LogP contribution in [0.5, 0.6) is 0 Å². The van der Waals surface area contributed by atoms with E-state index < -0.39 is 10.0 Å². The van der Waals surface area contributed by atoms with Crippen molar-refractivity contribution in [2.24, 2.45) is 0 Å². The molecular weight excluding hydrogens is 479 g/mol. The number of ether oxygens (including phenoxy) is 1. The van der Waals surface area contributed by atoms with E-state index in [0.29, 0.717) is 31.9 Å². The Hall–Kier alpha value is -1.65. The number of carbonyl (C=O) groups is 1. The summed E-state index contributed by atoms with van der Waals surface area (Å²) in [6, 6.07) is 15.1. The van der Waals surface area contributed by atoms with Gasteiger partial charge in [0.15, 0.2) is 0 Å². The summed E-state index contributed by atoms with van der Waals surface area (Å²) < 4.78 is 33.5. The quantitative estimate of drug-likeness (QED) is 0.401. The summed E-state index contributed by atoms with van der Waals surface area (Å²) in [6.07, 6.45) is 0.675. The maximum Gasteiger partial charge on any atom is 0.264 e. The van der Waals surface area contributed by atoms with Crippen LogP contribution in [0.1, 0.15) is 13.3 Å². The summed E-state index contributed by atoms with van der Waals surface area (Å²) in [5.74, 6) is -0.357. The minimum Gasteiger partial charge on any atom is -0.382 e. The standard InChI is InChI=1S/C19H23IN2O4S/c1-2-26-14-6-13-21-19(23)15-22(17-11-9-16(20)10-12-17)27(24,25)18-7-4-3-5-8-18/h3-5,7-12H,2,6,13-15H2,1H3,(H,21,23). The van der Waals surface area contributed by atoms with Gasteiger partial charge < -0.3 is 10.1 Å². The highest BCUT2D eigenvalue weighted by Gasteiger charge is 2.26. The molecule has 0 saturated carbocycles. The predicted octanol–water partition coefficient (Wildman–Crippen LogP) is 3.03. The van der Waals surface area contributed by atoms with Gasteiger partial charge in [-0.15, -0.1) is 0 Å². The number of rotatable bonds is 10. The van der Waals surface area contributed by atoms with Crippen LogP contribution >= 0.6 is 22.6 Å². The molecule has 2 aromatic rings. The van der Waals surface area contributed by atoms with Gasteiger partial charge in [-0.2, -0.15) is 0 Å². The van der Waals surface area contributed by atoms with E-state index >= 15 is 0 Å². The maximum atomic E-state index is 13.1. The molecule has 0 radical (unpaired) electrons. The lowest BCUT2D eigenvalue weighted by atomic mass is 10.3. The van der Waals surface area contributed by atoms with Gasteiger partial charge in [0.2, 0.25) is 5.91 Å². The Labute approximate surface area is 174 Å². The Balaban J connectivity index is 2.18. The summed E-state index contributed by atoms with van der Waals surface area (Å²) in [5.41, 5.74) is 0.448. The van der Waals surface area contributed by atoms with E-state index in [1.54, 1.807) is 30.3 Å². The first-order valence-electron chi connectivity index (χ1n) is 8.63. The second kappa shape index (κ2) is 10.6. The number of hydrogen-bond acceptors (Lipinski definition) is 4. The summed E-state index contributed by atoms with van der Waals surface area (Å²) in [6.45, 7) is 3.24. The van der Waals surface area contributed by atoms with Crippen LogP contribution in [0.3, 0.4) is 0 Å². The van der Waals surface area contributed by atoms with Gasteiger partial charge in [0.05, 0.1) is 10.6 Å². The van der Waals surface area contributed by atoms with E-state index in [1.165, 1.54) is 12.1 Å². The molecule has 0 aromatic heterocycles. The molecule has 0 atom stereocenters. The fourth-order valence-corrected chi connectivity index (χ4v) is 4.18. The Kier molecular flexibility index (Phi) is 8.52. The lowest BCUT2D eigenvalue weighted by Gasteiger charge is -2.24. The molecule has 8 heteroatoms. The highest BCUT2D eigenvalue weighted by molar-refractivity contribution is 14.1. The van der Waals surface area contributed by atoms with E-state index in [9.17, 15) is 13.2 Å². The predicted molar refractivity (Wildman–Crippen MR) is 114 cm³/mol. The van der Waals surface area contributed by atoms with Crippen LogP contribution in [0, 0.1) is 3.57 Å². The van der Waals surface area contributed by atoms with E-state index in [4.69, 9.17) is 4.74 Å². The normalized spacial score (nSPS) is 11.2. The first-order valence-corrected chi connectivity index (χ1v) is 11.1. The van der Waals surface area contributed by atoms with Crippen molar-refractivity contribution in [1.29, 1.82) is 0 Å². The summed E-state index contributed by atoms with van der Waals surface area (Å²) >= 11 is 2.15. The zero-order valence-electron chi connectivity index (χ0n) is 15.1. The first kappa shape index (κ1) is 21.6. The van der Waals surface area contributed by atoms with Crippen LogP contribution in [0.4, 0.5) is 5.69 Å². The number of nitrogens with one attached hydrogen (secondary N) is 1. The molecule has 0 heterocycles. The van der Waals surface area contributed by atoms with Crippen LogP contribution in [0.25, 0.3) is 0 Å². The molecule has 0 aliphatic rings. The van der Waals surface area contributed by atoms with Crippen LogP contribution in [-0.2, 0) is 19.6 Å². The number of amides is 1. The minimum atomic E-state index is -3.86. The molecule has 0 aliphatic heterocycles. The number of anilines is 1. The van der Waals surface area contributed by atoms with Gasteiger partial charge in [-0.05, 0) is 72.3 Å². The fourth-order valence-electron chi connectivity index (χ4n) is 2.37. The van der Waals surface area contributed by atoms with Gasteiger partial charge in [-0.3, -0.25) is 9.10 Å². The van der Waals surface area contributed by atoms with Crippen molar-refractivity contribution in [1.82, 2.24) is 5.32 Å². The van der Waals surface area contributed by atoms with Gasteiger partial charge in [-0.25, -0.2) is 8.42 Å². The molecule has 0 unspecified atom stereocenters. The number of hydrogen-bond donors (Lipinski definition) is 1. The SMILES string of the molecule is CCOCCCNC(=O)CN(c1ccc(I)cc1)S(=O)(=O)c1ccccc1. The van der Waals surface area contributed by atoms with Crippen molar-refractivity contribution in [3.8, 4) is 0 Å². The molecule has 2 aromatic carbocycles. The number of nitrogens with zero attached hydrogens (tertiary/aromatic N) is 1. The third kappa shape index (κ3) is 6.47. The maximum absolute atomic E-state index is 13.1. The summed E-state index contributed by atoms with van der Waals surface area (Å²) in [7, 11) is -3.86. The number of carbonyl (C=O) groups excluding carboxylic acids is 1. The third-order valence-electron chi connectivity index (χ3n) is 3.72. The largest absolute Gasteiger partial charge is 0.382 e. The van der Waals surface area contributed by atoms with Crippen molar-refractivity contribution in [3.63, 3.8) is 0 Å². The van der Waals surface area contributed by atoms with E-state index in [0.717, 1.165) is 7.88 Å². The average Bonchev–Trinajstić information content (AvgIpc) is 2.67. The molecule has 1 N–H and O–H groups in total. The van der Waals surface area contributed by atoms with Crippen LogP contribution < -0.4 is 9.62 Å². The molecule has 146 valence electrons. The fraction of sp³-hybridized carbons (Fsp3) is 0.316. The first-order chi connectivity index (χ1) is 12.9. The highest BCUT2D eigenvalue weighted by atomic mass is 127. The smallest absolute Gasteiger partial charge is 0.264 e. The lowest BCUT2D eigenvalue weighted by molar-refractivity contribution is -0.119. The zero-order valence-corrected chi connectivity index (χ0v) is 18.1. The Morgan fingerprint density at radius 2 is 1.78 bits per heavy atom. The second-order valence-electron chi connectivity index (χ2n) is 5.70. The lowest BCUT2D eigenvalue weighted by Crippen LogP contribution is -2.41. The molecule has 0 fully saturated rings. The topological polar surface area (TPSA) is 75.7 Å². The Bertz CT molecular complexity index is 827. The van der Waals surface area contributed by atoms with Crippen molar-refractivity contribution in [2.75, 3.05) is 30.6 Å². The van der Waals surface area contributed by atoms with Crippen LogP contribution in [0.2, 0.25) is 0 Å². The van der Waals surface area contributed by atoms with E-state index in [-0.39, 0.29) is 17.3 Å². The number of sulfonamides is 1. The number of benzene rings is 2. The van der Waals surface area contributed by atoms with Crippen LogP contribution in [-0.4, -0.2) is 40.6 Å². The monoisotopic (exact) mass is 502 g/mol. The average molecular weight is 502 g/mol. The van der Waals surface area contributed by atoms with Crippen molar-refractivity contribution in [2.45, 2.75) is 18.2 Å². The molecule has 2 rings (SSSR count).